The fourth-order valence-corrected chi connectivity index (χ4v) is 7.15. The van der Waals surface area contributed by atoms with Gasteiger partial charge in [-0.1, -0.05) is 55.8 Å². The summed E-state index contributed by atoms with van der Waals surface area (Å²) in [4.78, 5) is 24.0. The average molecular weight is 429 g/mol. The summed E-state index contributed by atoms with van der Waals surface area (Å²) in [6.45, 7) is 4.54. The zero-order valence-electron chi connectivity index (χ0n) is 19.0. The van der Waals surface area contributed by atoms with E-state index in [9.17, 15) is 9.59 Å². The summed E-state index contributed by atoms with van der Waals surface area (Å²) in [7, 11) is 0. The largest absolute Gasteiger partial charge is 0.508 e. The lowest BCUT2D eigenvalue weighted by Gasteiger charge is -2.55. The lowest BCUT2D eigenvalue weighted by molar-refractivity contribution is -0.131. The minimum Gasteiger partial charge on any atom is -0.508 e. The van der Waals surface area contributed by atoms with E-state index in [0.29, 0.717) is 29.3 Å². The number of ketones is 2. The van der Waals surface area contributed by atoms with Crippen LogP contribution in [0.15, 0.2) is 66.3 Å². The smallest absolute Gasteiger partial charge is 0.178 e. The Morgan fingerprint density at radius 1 is 0.906 bits per heavy atom. The van der Waals surface area contributed by atoms with Crippen molar-refractivity contribution in [3.05, 3.63) is 66.3 Å². The van der Waals surface area contributed by atoms with Crippen LogP contribution in [0.25, 0.3) is 10.8 Å². The topological polar surface area (TPSA) is 54.4 Å². The first kappa shape index (κ1) is 21.2. The third-order valence-electron chi connectivity index (χ3n) is 9.00. The summed E-state index contributed by atoms with van der Waals surface area (Å²) >= 11 is 0. The number of aromatic hydroxyl groups is 1. The number of fused-ring (bicyclic) bond motifs is 6. The molecule has 3 fully saturated rings. The first-order chi connectivity index (χ1) is 15.3. The number of rotatable bonds is 0. The van der Waals surface area contributed by atoms with Crippen molar-refractivity contribution < 1.29 is 14.7 Å². The van der Waals surface area contributed by atoms with Crippen LogP contribution < -0.4 is 0 Å². The van der Waals surface area contributed by atoms with E-state index >= 15 is 0 Å². The highest BCUT2D eigenvalue weighted by molar-refractivity contribution is 6.01. The van der Waals surface area contributed by atoms with Crippen molar-refractivity contribution >= 4 is 22.3 Å². The molecule has 32 heavy (non-hydrogen) atoms. The first-order valence-corrected chi connectivity index (χ1v) is 12.0. The van der Waals surface area contributed by atoms with Crippen molar-refractivity contribution in [2.75, 3.05) is 0 Å². The number of carbonyl (C=O) groups excluding carboxylic acids is 2. The SMILES string of the molecule is C[C@]12C=CC(=O)C=C1CC[C@@H]1[C@@H]2CC[C@]2(C)C(=O)CC[C@@H]12.Oc1ccc2ccccc2c1. The van der Waals surface area contributed by atoms with E-state index in [1.807, 2.05) is 36.4 Å². The van der Waals surface area contributed by atoms with Crippen LogP contribution in [0, 0.1) is 28.6 Å². The van der Waals surface area contributed by atoms with E-state index in [2.05, 4.69) is 19.9 Å². The number of hydrogen-bond donors (Lipinski definition) is 1. The molecule has 3 saturated carbocycles. The summed E-state index contributed by atoms with van der Waals surface area (Å²) in [5, 5.41) is 11.4. The van der Waals surface area contributed by atoms with Gasteiger partial charge >= 0.3 is 0 Å². The van der Waals surface area contributed by atoms with Gasteiger partial charge in [-0.15, -0.1) is 0 Å². The first-order valence-electron chi connectivity index (χ1n) is 12.0. The second-order valence-corrected chi connectivity index (χ2v) is 10.6. The summed E-state index contributed by atoms with van der Waals surface area (Å²) in [5.74, 6) is 2.84. The van der Waals surface area contributed by atoms with E-state index in [1.54, 1.807) is 18.2 Å². The quantitative estimate of drug-likeness (QED) is 0.527. The predicted molar refractivity (Wildman–Crippen MR) is 127 cm³/mol. The van der Waals surface area contributed by atoms with Gasteiger partial charge in [0.2, 0.25) is 0 Å². The minimum atomic E-state index is -0.0487. The van der Waals surface area contributed by atoms with Crippen LogP contribution in [0.4, 0.5) is 0 Å². The lowest BCUT2D eigenvalue weighted by Crippen LogP contribution is -2.49. The van der Waals surface area contributed by atoms with Crippen LogP contribution in [0.5, 0.6) is 5.75 Å². The van der Waals surface area contributed by atoms with Gasteiger partial charge in [0, 0.05) is 17.3 Å². The van der Waals surface area contributed by atoms with Crippen molar-refractivity contribution in [3.63, 3.8) is 0 Å². The Morgan fingerprint density at radius 2 is 1.69 bits per heavy atom. The minimum absolute atomic E-state index is 0.0487. The number of allylic oxidation sites excluding steroid dienone is 4. The van der Waals surface area contributed by atoms with Gasteiger partial charge < -0.3 is 5.11 Å². The number of benzene rings is 2. The van der Waals surface area contributed by atoms with Crippen molar-refractivity contribution in [1.82, 2.24) is 0 Å². The Kier molecular flexibility index (Phi) is 5.11. The fourth-order valence-electron chi connectivity index (χ4n) is 7.15. The van der Waals surface area contributed by atoms with Crippen molar-refractivity contribution in [2.24, 2.45) is 28.6 Å². The maximum Gasteiger partial charge on any atom is 0.178 e. The maximum absolute atomic E-state index is 12.3. The Hall–Kier alpha value is -2.68. The van der Waals surface area contributed by atoms with Gasteiger partial charge in [-0.3, -0.25) is 9.59 Å². The molecule has 2 aromatic carbocycles. The second-order valence-electron chi connectivity index (χ2n) is 10.6. The molecule has 166 valence electrons. The molecule has 0 radical (unpaired) electrons. The molecule has 2 aromatic rings. The highest BCUT2D eigenvalue weighted by Crippen LogP contribution is 2.63. The Balaban J connectivity index is 0.000000165. The molecule has 5 atom stereocenters. The van der Waals surface area contributed by atoms with Gasteiger partial charge in [0.1, 0.15) is 11.5 Å². The molecule has 4 aliphatic rings. The van der Waals surface area contributed by atoms with Gasteiger partial charge in [-0.05, 0) is 84.9 Å². The number of phenolic OH excluding ortho intramolecular Hbond substituents is 1. The average Bonchev–Trinajstić information content (AvgIpc) is 3.09. The molecule has 0 aromatic heterocycles. The van der Waals surface area contributed by atoms with Gasteiger partial charge in [0.15, 0.2) is 5.78 Å². The molecular formula is C29H32O3. The zero-order chi connectivity index (χ0) is 22.5. The number of carbonyl (C=O) groups is 2. The standard InChI is InChI=1S/C19H24O2.C10H8O/c1-18-9-7-13(20)11-12(18)3-4-14-15-5-6-17(21)19(15,2)10-8-16(14)18;11-10-6-5-8-3-1-2-4-9(8)7-10/h7,9,11,14-16H,3-6,8,10H2,1-2H3;1-7,11H/t14-,15-,16-,18-,19-;/m0./s1. The monoisotopic (exact) mass is 428 g/mol. The normalized spacial score (nSPS) is 35.3. The summed E-state index contributed by atoms with van der Waals surface area (Å²) < 4.78 is 0. The van der Waals surface area contributed by atoms with E-state index < -0.39 is 0 Å². The van der Waals surface area contributed by atoms with Crippen LogP contribution in [0.2, 0.25) is 0 Å². The summed E-state index contributed by atoms with van der Waals surface area (Å²) in [5.41, 5.74) is 1.35. The molecule has 0 heterocycles. The van der Waals surface area contributed by atoms with Crippen LogP contribution in [0.3, 0.4) is 0 Å². The summed E-state index contributed by atoms with van der Waals surface area (Å²) in [6, 6.07) is 13.3. The van der Waals surface area contributed by atoms with Crippen LogP contribution >= 0.6 is 0 Å². The molecule has 0 spiro atoms. The second kappa shape index (κ2) is 7.72. The Bertz CT molecular complexity index is 1140. The van der Waals surface area contributed by atoms with Gasteiger partial charge in [0.25, 0.3) is 0 Å². The molecule has 6 rings (SSSR count). The molecule has 1 N–H and O–H groups in total. The van der Waals surface area contributed by atoms with Crippen molar-refractivity contribution in [1.29, 1.82) is 0 Å². The van der Waals surface area contributed by atoms with E-state index in [1.165, 1.54) is 12.0 Å². The molecule has 0 bridgehead atoms. The molecular weight excluding hydrogens is 396 g/mol. The molecule has 0 unspecified atom stereocenters. The van der Waals surface area contributed by atoms with E-state index in [-0.39, 0.29) is 16.6 Å². The zero-order valence-corrected chi connectivity index (χ0v) is 19.0. The number of hydrogen-bond acceptors (Lipinski definition) is 3. The highest BCUT2D eigenvalue weighted by Gasteiger charge is 2.58. The third kappa shape index (κ3) is 3.34. The maximum atomic E-state index is 12.3. The highest BCUT2D eigenvalue weighted by atomic mass is 16.3. The molecule has 0 amide bonds. The van der Waals surface area contributed by atoms with Gasteiger partial charge in [0.05, 0.1) is 0 Å². The molecule has 0 saturated heterocycles. The van der Waals surface area contributed by atoms with E-state index in [4.69, 9.17) is 5.11 Å². The Labute approximate surface area is 190 Å². The van der Waals surface area contributed by atoms with Gasteiger partial charge in [-0.2, -0.15) is 0 Å². The summed E-state index contributed by atoms with van der Waals surface area (Å²) in [6.07, 6.45) is 12.1. The predicted octanol–water partition coefficient (Wildman–Crippen LogP) is 6.41. The third-order valence-corrected chi connectivity index (χ3v) is 9.00. The van der Waals surface area contributed by atoms with Crippen LogP contribution in [0.1, 0.15) is 52.4 Å². The molecule has 3 nitrogen and oxygen atoms in total. The lowest BCUT2D eigenvalue weighted by atomic mass is 9.48. The van der Waals surface area contributed by atoms with Gasteiger partial charge in [-0.25, -0.2) is 0 Å². The molecule has 3 heteroatoms. The van der Waals surface area contributed by atoms with Crippen LogP contribution in [-0.2, 0) is 9.59 Å². The molecule has 0 aliphatic heterocycles. The number of Topliss-reactive ketones (excluding diaryl/α,β-unsaturated/α-hetero) is 1. The molecule has 4 aliphatic carbocycles. The van der Waals surface area contributed by atoms with Crippen molar-refractivity contribution in [2.45, 2.75) is 52.4 Å². The Morgan fingerprint density at radius 3 is 2.50 bits per heavy atom. The van der Waals surface area contributed by atoms with E-state index in [0.717, 1.165) is 42.9 Å². The number of phenols is 1. The van der Waals surface area contributed by atoms with Crippen LogP contribution in [-0.4, -0.2) is 16.7 Å². The fraction of sp³-hybridized carbons (Fsp3) is 0.448. The van der Waals surface area contributed by atoms with Crippen molar-refractivity contribution in [3.8, 4) is 5.75 Å².